The predicted octanol–water partition coefficient (Wildman–Crippen LogP) is -3.36. The van der Waals surface area contributed by atoms with Crippen molar-refractivity contribution in [3.8, 4) is 0 Å². The number of esters is 1. The van der Waals surface area contributed by atoms with Gasteiger partial charge in [0.15, 0.2) is 0 Å². The van der Waals surface area contributed by atoms with Gasteiger partial charge in [-0.05, 0) is 19.4 Å². The van der Waals surface area contributed by atoms with Crippen LogP contribution in [0, 0.1) is 0 Å². The third kappa shape index (κ3) is 9.60. The van der Waals surface area contributed by atoms with Crippen LogP contribution in [0.1, 0.15) is 20.3 Å². The van der Waals surface area contributed by atoms with Crippen molar-refractivity contribution in [2.24, 2.45) is 0 Å². The van der Waals surface area contributed by atoms with Gasteiger partial charge in [0.2, 0.25) is 0 Å². The summed E-state index contributed by atoms with van der Waals surface area (Å²) >= 11 is 0. The van der Waals surface area contributed by atoms with Crippen LogP contribution in [0.25, 0.3) is 0 Å². The van der Waals surface area contributed by atoms with Crippen molar-refractivity contribution < 1.29 is 49.0 Å². The number of hydrogen-bond donors (Lipinski definition) is 0. The molecule has 68 valence electrons. The van der Waals surface area contributed by atoms with E-state index in [-0.39, 0.29) is 35.7 Å². The molecule has 0 N–H and O–H groups in total. The molecule has 0 amide bonds. The molecule has 0 aromatic rings. The minimum Gasteiger partial charge on any atom is -0.545 e. The van der Waals surface area contributed by atoms with Crippen LogP contribution in [-0.2, 0) is 14.3 Å². The van der Waals surface area contributed by atoms with Crippen molar-refractivity contribution in [2.75, 3.05) is 0 Å². The summed E-state index contributed by atoms with van der Waals surface area (Å²) in [5.41, 5.74) is 0. The van der Waals surface area contributed by atoms with Crippen LogP contribution in [0.3, 0.4) is 0 Å². The molecule has 0 heterocycles. The van der Waals surface area contributed by atoms with E-state index in [4.69, 9.17) is 4.74 Å². The first-order valence-electron chi connectivity index (χ1n) is 3.66. The Balaban J connectivity index is 0. The first-order valence-corrected chi connectivity index (χ1v) is 3.66. The van der Waals surface area contributed by atoms with Gasteiger partial charge in [-0.3, -0.25) is 0 Å². The Morgan fingerprint density at radius 3 is 2.38 bits per heavy atom. The van der Waals surface area contributed by atoms with E-state index in [1.54, 1.807) is 6.92 Å². The van der Waals surface area contributed by atoms with Gasteiger partial charge in [0.05, 0.1) is 12.1 Å². The van der Waals surface area contributed by atoms with Crippen LogP contribution in [0.15, 0.2) is 12.2 Å². The zero-order chi connectivity index (χ0) is 9.56. The fourth-order valence-electron chi connectivity index (χ4n) is 0.457. The molecular weight excluding hydrogens is 183 g/mol. The van der Waals surface area contributed by atoms with E-state index in [9.17, 15) is 14.7 Å². The van der Waals surface area contributed by atoms with Gasteiger partial charge in [-0.25, -0.2) is 4.79 Å². The molecule has 5 heteroatoms. The number of hydrogen-bond acceptors (Lipinski definition) is 4. The molecule has 0 aromatic heterocycles. The molecule has 0 fully saturated rings. The first-order chi connectivity index (χ1) is 5.56. The van der Waals surface area contributed by atoms with Crippen molar-refractivity contribution in [3.05, 3.63) is 12.2 Å². The minimum absolute atomic E-state index is 0. The number of rotatable bonds is 4. The van der Waals surface area contributed by atoms with Crippen molar-refractivity contribution in [1.29, 1.82) is 0 Å². The monoisotopic (exact) mass is 194 g/mol. The van der Waals surface area contributed by atoms with Gasteiger partial charge >= 0.3 is 35.5 Å². The molecule has 1 atom stereocenters. The number of carboxylic acids is 1. The van der Waals surface area contributed by atoms with Gasteiger partial charge in [0, 0.05) is 6.08 Å². The summed E-state index contributed by atoms with van der Waals surface area (Å²) in [6.07, 6.45) is 1.99. The quantitative estimate of drug-likeness (QED) is 0.266. The maximum absolute atomic E-state index is 10.7. The van der Waals surface area contributed by atoms with Crippen molar-refractivity contribution in [3.63, 3.8) is 0 Å². The fourth-order valence-corrected chi connectivity index (χ4v) is 0.457. The summed E-state index contributed by atoms with van der Waals surface area (Å²) in [6, 6.07) is 0. The van der Waals surface area contributed by atoms with E-state index in [2.05, 4.69) is 0 Å². The molecule has 0 bridgehead atoms. The molecule has 0 aromatic carbocycles. The number of carbonyl (C=O) groups is 2. The summed E-state index contributed by atoms with van der Waals surface area (Å²) in [5, 5.41) is 9.85. The van der Waals surface area contributed by atoms with E-state index >= 15 is 0 Å². The molecule has 0 aliphatic carbocycles. The zero-order valence-corrected chi connectivity index (χ0v) is 10.1. The van der Waals surface area contributed by atoms with Crippen LogP contribution < -0.4 is 34.7 Å². The molecule has 0 rings (SSSR count). The first kappa shape index (κ1) is 15.2. The van der Waals surface area contributed by atoms with Gasteiger partial charge in [0.25, 0.3) is 0 Å². The van der Waals surface area contributed by atoms with Crippen LogP contribution in [0.5, 0.6) is 0 Å². The third-order valence-corrected chi connectivity index (χ3v) is 1.25. The van der Waals surface area contributed by atoms with Crippen molar-refractivity contribution in [2.45, 2.75) is 26.4 Å². The third-order valence-electron chi connectivity index (χ3n) is 1.25. The Kier molecular flexibility index (Phi) is 9.67. The van der Waals surface area contributed by atoms with Crippen LogP contribution in [0.4, 0.5) is 0 Å². The van der Waals surface area contributed by atoms with Crippen molar-refractivity contribution >= 4 is 11.9 Å². The van der Waals surface area contributed by atoms with E-state index < -0.39 is 11.9 Å². The van der Waals surface area contributed by atoms with Gasteiger partial charge in [0.1, 0.15) is 0 Å². The average Bonchev–Trinajstić information content (AvgIpc) is 2.00. The van der Waals surface area contributed by atoms with E-state index in [0.29, 0.717) is 12.5 Å². The predicted molar refractivity (Wildman–Crippen MR) is 40.0 cm³/mol. The maximum Gasteiger partial charge on any atom is 1.00 e. The second-order valence-electron chi connectivity index (χ2n) is 2.31. The number of aliphatic carboxylic acids is 1. The molecule has 13 heavy (non-hydrogen) atoms. The van der Waals surface area contributed by atoms with Gasteiger partial charge < -0.3 is 14.6 Å². The normalized spacial score (nSPS) is 11.8. The van der Waals surface area contributed by atoms with E-state index in [0.717, 1.165) is 6.08 Å². The standard InChI is InChI=1S/C8H12O4.Na/c1-3-6(2)12-8(11)5-4-7(9)10;/h4-6H,3H2,1-2H3,(H,9,10);/q;+1/p-1/b5-4-;. The Labute approximate surface area is 99.2 Å². The molecule has 4 nitrogen and oxygen atoms in total. The molecular formula is C8H11NaO4. The van der Waals surface area contributed by atoms with E-state index in [1.807, 2.05) is 6.92 Å². The summed E-state index contributed by atoms with van der Waals surface area (Å²) in [7, 11) is 0. The summed E-state index contributed by atoms with van der Waals surface area (Å²) < 4.78 is 4.73. The molecule has 0 spiro atoms. The molecule has 0 aliphatic heterocycles. The SMILES string of the molecule is CCC(C)OC(=O)/C=C\C(=O)[O-].[Na+]. The van der Waals surface area contributed by atoms with Gasteiger partial charge in [-0.15, -0.1) is 0 Å². The Hall–Kier alpha value is -0.320. The second-order valence-corrected chi connectivity index (χ2v) is 2.31. The molecule has 0 saturated carbocycles. The number of carboxylic acid groups (broad SMARTS) is 1. The minimum atomic E-state index is -1.41. The van der Waals surface area contributed by atoms with Gasteiger partial charge in [-0.2, -0.15) is 0 Å². The number of ether oxygens (including phenoxy) is 1. The van der Waals surface area contributed by atoms with E-state index in [1.165, 1.54) is 0 Å². The Morgan fingerprint density at radius 1 is 1.46 bits per heavy atom. The van der Waals surface area contributed by atoms with Crippen LogP contribution >= 0.6 is 0 Å². The van der Waals surface area contributed by atoms with Crippen molar-refractivity contribution in [1.82, 2.24) is 0 Å². The largest absolute Gasteiger partial charge is 1.00 e. The molecule has 0 radical (unpaired) electrons. The second kappa shape index (κ2) is 8.29. The fraction of sp³-hybridized carbons (Fsp3) is 0.500. The Morgan fingerprint density at radius 2 is 2.00 bits per heavy atom. The molecule has 0 saturated heterocycles. The van der Waals surface area contributed by atoms with Crippen LogP contribution in [0.2, 0.25) is 0 Å². The summed E-state index contributed by atoms with van der Waals surface area (Å²) in [4.78, 5) is 20.6. The topological polar surface area (TPSA) is 66.4 Å². The zero-order valence-electron chi connectivity index (χ0n) is 8.07. The summed E-state index contributed by atoms with van der Waals surface area (Å²) in [6.45, 7) is 3.59. The summed E-state index contributed by atoms with van der Waals surface area (Å²) in [5.74, 6) is -2.07. The smallest absolute Gasteiger partial charge is 0.545 e. The average molecular weight is 194 g/mol. The molecule has 1 unspecified atom stereocenters. The molecule has 0 aliphatic rings. The maximum atomic E-state index is 10.7. The van der Waals surface area contributed by atoms with Gasteiger partial charge in [-0.1, -0.05) is 6.92 Å². The number of carbonyl (C=O) groups excluding carboxylic acids is 2. The Bertz CT molecular complexity index is 200. The van der Waals surface area contributed by atoms with Crippen LogP contribution in [-0.4, -0.2) is 18.0 Å².